The molecule has 1 fully saturated rings. The molecule has 1 aliphatic rings. The van der Waals surface area contributed by atoms with Crippen molar-refractivity contribution in [1.82, 2.24) is 15.5 Å². The maximum Gasteiger partial charge on any atom is 0.405 e. The van der Waals surface area contributed by atoms with Gasteiger partial charge >= 0.3 is 6.18 Å². The first-order chi connectivity index (χ1) is 10.4. The van der Waals surface area contributed by atoms with E-state index in [9.17, 15) is 18.0 Å². The van der Waals surface area contributed by atoms with E-state index in [1.807, 2.05) is 0 Å². The number of amides is 1. The second-order valence-corrected chi connectivity index (χ2v) is 5.18. The van der Waals surface area contributed by atoms with E-state index in [1.54, 1.807) is 0 Å². The Morgan fingerprint density at radius 2 is 1.86 bits per heavy atom. The number of hydrogen-bond acceptors (Lipinski definition) is 4. The topological polar surface area (TPSA) is 70.4 Å². The van der Waals surface area contributed by atoms with Crippen molar-refractivity contribution in [2.45, 2.75) is 12.2 Å². The largest absolute Gasteiger partial charge is 0.405 e. The summed E-state index contributed by atoms with van der Waals surface area (Å²) in [6.07, 6.45) is -4.38. The fourth-order valence-electron chi connectivity index (χ4n) is 2.37. The first-order valence-electron chi connectivity index (χ1n) is 7.03. The van der Waals surface area contributed by atoms with Crippen molar-refractivity contribution in [2.24, 2.45) is 0 Å². The van der Waals surface area contributed by atoms with Crippen LogP contribution in [-0.4, -0.2) is 55.7 Å². The Bertz CT molecular complexity index is 498. The maximum atomic E-state index is 13.2. The Labute approximate surface area is 126 Å². The lowest BCUT2D eigenvalue weighted by Gasteiger charge is -2.35. The molecule has 1 heterocycles. The molecule has 0 aliphatic carbocycles. The molecule has 2 rings (SSSR count). The third-order valence-corrected chi connectivity index (χ3v) is 3.60. The Kier molecular flexibility index (Phi) is 5.25. The Hall–Kier alpha value is -1.80. The molecule has 22 heavy (non-hydrogen) atoms. The van der Waals surface area contributed by atoms with Crippen molar-refractivity contribution in [3.8, 4) is 0 Å². The molecular weight excluding hydrogens is 297 g/mol. The van der Waals surface area contributed by atoms with Gasteiger partial charge in [-0.15, -0.1) is 0 Å². The minimum Gasteiger partial charge on any atom is -0.399 e. The molecule has 1 saturated heterocycles. The zero-order valence-corrected chi connectivity index (χ0v) is 12.0. The van der Waals surface area contributed by atoms with Crippen LogP contribution >= 0.6 is 0 Å². The van der Waals surface area contributed by atoms with Gasteiger partial charge in [-0.1, -0.05) is 0 Å². The number of nitrogens with zero attached hydrogens (tertiary/aromatic N) is 1. The Balaban J connectivity index is 1.98. The molecule has 122 valence electrons. The Morgan fingerprint density at radius 3 is 2.41 bits per heavy atom. The molecule has 0 saturated carbocycles. The highest BCUT2D eigenvalue weighted by molar-refractivity contribution is 5.94. The third kappa shape index (κ3) is 4.35. The van der Waals surface area contributed by atoms with Crippen molar-refractivity contribution >= 4 is 11.6 Å². The predicted molar refractivity (Wildman–Crippen MR) is 77.5 cm³/mol. The lowest BCUT2D eigenvalue weighted by molar-refractivity contribution is -0.183. The van der Waals surface area contributed by atoms with E-state index in [2.05, 4.69) is 10.6 Å². The summed E-state index contributed by atoms with van der Waals surface area (Å²) in [6.45, 7) is 1.17. The van der Waals surface area contributed by atoms with Crippen LogP contribution in [0.1, 0.15) is 10.4 Å². The van der Waals surface area contributed by atoms with Gasteiger partial charge in [0.25, 0.3) is 5.91 Å². The van der Waals surface area contributed by atoms with E-state index in [0.29, 0.717) is 31.9 Å². The monoisotopic (exact) mass is 316 g/mol. The van der Waals surface area contributed by atoms with E-state index in [4.69, 9.17) is 5.73 Å². The number of hydrogen-bond donors (Lipinski definition) is 3. The van der Waals surface area contributed by atoms with E-state index < -0.39 is 24.7 Å². The number of halogens is 3. The lowest BCUT2D eigenvalue weighted by Crippen LogP contribution is -2.57. The van der Waals surface area contributed by atoms with Crippen LogP contribution in [0.15, 0.2) is 24.3 Å². The van der Waals surface area contributed by atoms with Gasteiger partial charge in [0.2, 0.25) is 0 Å². The van der Waals surface area contributed by atoms with Gasteiger partial charge in [0, 0.05) is 44.0 Å². The molecule has 0 aromatic heterocycles. The number of anilines is 1. The van der Waals surface area contributed by atoms with Crippen LogP contribution in [0.2, 0.25) is 0 Å². The van der Waals surface area contributed by atoms with Crippen molar-refractivity contribution in [1.29, 1.82) is 0 Å². The summed E-state index contributed by atoms with van der Waals surface area (Å²) in [5.41, 5.74) is 6.29. The van der Waals surface area contributed by atoms with E-state index in [-0.39, 0.29) is 5.56 Å². The molecule has 0 bridgehead atoms. The predicted octanol–water partition coefficient (Wildman–Crippen LogP) is 0.835. The molecule has 1 atom stereocenters. The normalized spacial score (nSPS) is 18.0. The van der Waals surface area contributed by atoms with Gasteiger partial charge in [0.1, 0.15) is 6.04 Å². The number of rotatable bonds is 4. The number of carbonyl (C=O) groups excluding carboxylic acids is 1. The summed E-state index contributed by atoms with van der Waals surface area (Å²) < 4.78 is 39.5. The average molecular weight is 316 g/mol. The highest BCUT2D eigenvalue weighted by atomic mass is 19.4. The van der Waals surface area contributed by atoms with Crippen LogP contribution in [0.5, 0.6) is 0 Å². The fourth-order valence-corrected chi connectivity index (χ4v) is 2.37. The summed E-state index contributed by atoms with van der Waals surface area (Å²) in [5.74, 6) is -0.538. The van der Waals surface area contributed by atoms with E-state index in [0.717, 1.165) is 0 Å². The zero-order chi connectivity index (χ0) is 16.2. The number of nitrogens with two attached hydrogens (primary N) is 1. The van der Waals surface area contributed by atoms with Gasteiger partial charge in [-0.25, -0.2) is 0 Å². The quantitative estimate of drug-likeness (QED) is 0.720. The van der Waals surface area contributed by atoms with Crippen molar-refractivity contribution < 1.29 is 18.0 Å². The van der Waals surface area contributed by atoms with Crippen LogP contribution < -0.4 is 16.4 Å². The Morgan fingerprint density at radius 1 is 1.27 bits per heavy atom. The van der Waals surface area contributed by atoms with Gasteiger partial charge in [-0.2, -0.15) is 13.2 Å². The molecule has 1 aliphatic heterocycles. The van der Waals surface area contributed by atoms with Gasteiger partial charge in [0.05, 0.1) is 0 Å². The van der Waals surface area contributed by atoms with Crippen LogP contribution in [-0.2, 0) is 0 Å². The van der Waals surface area contributed by atoms with E-state index >= 15 is 0 Å². The molecule has 1 amide bonds. The summed E-state index contributed by atoms with van der Waals surface area (Å²) in [6, 6.07) is 4.36. The lowest BCUT2D eigenvalue weighted by atomic mass is 10.1. The maximum absolute atomic E-state index is 13.2. The summed E-state index contributed by atoms with van der Waals surface area (Å²) >= 11 is 0. The second-order valence-electron chi connectivity index (χ2n) is 5.18. The molecule has 1 aromatic carbocycles. The summed E-state index contributed by atoms with van der Waals surface area (Å²) in [7, 11) is 0. The zero-order valence-electron chi connectivity index (χ0n) is 12.0. The molecule has 4 N–H and O–H groups in total. The number of nitrogens with one attached hydrogen (secondary N) is 2. The minimum atomic E-state index is -4.38. The SMILES string of the molecule is Nc1ccc(C(=O)NCC(N2CCNCC2)C(F)(F)F)cc1. The first kappa shape index (κ1) is 16.6. The van der Waals surface area contributed by atoms with Crippen LogP contribution in [0.3, 0.4) is 0 Å². The second kappa shape index (κ2) is 6.97. The van der Waals surface area contributed by atoms with Crippen LogP contribution in [0.25, 0.3) is 0 Å². The fraction of sp³-hybridized carbons (Fsp3) is 0.500. The van der Waals surface area contributed by atoms with Crippen molar-refractivity contribution in [3.63, 3.8) is 0 Å². The number of nitrogen functional groups attached to an aromatic ring is 1. The molecule has 0 radical (unpaired) electrons. The van der Waals surface area contributed by atoms with Gasteiger partial charge in [-0.3, -0.25) is 9.69 Å². The average Bonchev–Trinajstić information content (AvgIpc) is 2.47. The molecule has 1 aromatic rings. The number of alkyl halides is 3. The van der Waals surface area contributed by atoms with Crippen LogP contribution in [0, 0.1) is 0 Å². The van der Waals surface area contributed by atoms with Crippen molar-refractivity contribution in [2.75, 3.05) is 38.5 Å². The molecule has 1 unspecified atom stereocenters. The molecule has 0 spiro atoms. The standard InChI is InChI=1S/C14H19F3N4O/c15-14(16,17)12(21-7-5-19-6-8-21)9-20-13(22)10-1-3-11(18)4-2-10/h1-4,12,19H,5-9,18H2,(H,20,22). The molecule has 5 nitrogen and oxygen atoms in total. The molecular formula is C14H19F3N4O. The number of benzene rings is 1. The minimum absolute atomic E-state index is 0.287. The van der Waals surface area contributed by atoms with Gasteiger partial charge in [0.15, 0.2) is 0 Å². The highest BCUT2D eigenvalue weighted by Crippen LogP contribution is 2.24. The van der Waals surface area contributed by atoms with E-state index in [1.165, 1.54) is 29.2 Å². The van der Waals surface area contributed by atoms with Crippen molar-refractivity contribution in [3.05, 3.63) is 29.8 Å². The van der Waals surface area contributed by atoms with Gasteiger partial charge < -0.3 is 16.4 Å². The number of carbonyl (C=O) groups is 1. The first-order valence-corrected chi connectivity index (χ1v) is 7.03. The van der Waals surface area contributed by atoms with Gasteiger partial charge in [-0.05, 0) is 24.3 Å². The highest BCUT2D eigenvalue weighted by Gasteiger charge is 2.43. The summed E-state index contributed by atoms with van der Waals surface area (Å²) in [5, 5.41) is 5.37. The number of piperazine rings is 1. The smallest absolute Gasteiger partial charge is 0.399 e. The summed E-state index contributed by atoms with van der Waals surface area (Å²) in [4.78, 5) is 13.3. The molecule has 8 heteroatoms. The van der Waals surface area contributed by atoms with Crippen LogP contribution in [0.4, 0.5) is 18.9 Å². The third-order valence-electron chi connectivity index (χ3n) is 3.60.